The average molecular weight is 393 g/mol. The van der Waals surface area contributed by atoms with Crippen LogP contribution in [-0.2, 0) is 17.7 Å². The lowest BCUT2D eigenvalue weighted by Gasteiger charge is -2.34. The van der Waals surface area contributed by atoms with Gasteiger partial charge in [-0.2, -0.15) is 10.2 Å². The standard InChI is InChI=1S/C23H24FN3O2/c24-20-6-5-15(12-21-18-4-2-1-3-16(18)13-25-26-21)11-19(20)23(28)27-9-7-22-17(14-27)8-10-29-22/h1-6,11,17,21-22H,7-10,12-14H2. The first-order chi connectivity index (χ1) is 14.2. The molecule has 5 nitrogen and oxygen atoms in total. The van der Waals surface area contributed by atoms with Crippen molar-refractivity contribution < 1.29 is 13.9 Å². The first-order valence-corrected chi connectivity index (χ1v) is 10.3. The molecule has 3 aliphatic rings. The molecular formula is C23H24FN3O2. The third-order valence-electron chi connectivity index (χ3n) is 6.34. The molecule has 0 aliphatic carbocycles. The van der Waals surface area contributed by atoms with Crippen LogP contribution in [0.4, 0.5) is 4.39 Å². The minimum Gasteiger partial charge on any atom is -0.378 e. The van der Waals surface area contributed by atoms with Gasteiger partial charge in [0, 0.05) is 32.0 Å². The van der Waals surface area contributed by atoms with Crippen LogP contribution >= 0.6 is 0 Å². The van der Waals surface area contributed by atoms with E-state index in [0.717, 1.165) is 30.6 Å². The number of likely N-dealkylation sites (tertiary alicyclic amines) is 1. The molecule has 3 heterocycles. The minimum atomic E-state index is -0.464. The van der Waals surface area contributed by atoms with Crippen molar-refractivity contribution >= 4 is 5.91 Å². The van der Waals surface area contributed by atoms with E-state index in [1.54, 1.807) is 17.0 Å². The number of nitrogens with zero attached hydrogens (tertiary/aromatic N) is 3. The highest BCUT2D eigenvalue weighted by Gasteiger charge is 2.36. The van der Waals surface area contributed by atoms with Crippen molar-refractivity contribution in [3.8, 4) is 0 Å². The Morgan fingerprint density at radius 2 is 2.10 bits per heavy atom. The summed E-state index contributed by atoms with van der Waals surface area (Å²) < 4.78 is 20.3. The molecule has 0 aromatic heterocycles. The van der Waals surface area contributed by atoms with Crippen LogP contribution in [0.1, 0.15) is 45.9 Å². The van der Waals surface area contributed by atoms with Crippen LogP contribution in [0.5, 0.6) is 0 Å². The summed E-state index contributed by atoms with van der Waals surface area (Å²) in [5.41, 5.74) is 3.38. The predicted molar refractivity (Wildman–Crippen MR) is 106 cm³/mol. The number of ether oxygens (including phenoxy) is 1. The number of carbonyl (C=O) groups excluding carboxylic acids is 1. The molecule has 3 aliphatic heterocycles. The van der Waals surface area contributed by atoms with Crippen molar-refractivity contribution in [1.82, 2.24) is 4.90 Å². The third kappa shape index (κ3) is 3.57. The molecule has 29 heavy (non-hydrogen) atoms. The van der Waals surface area contributed by atoms with Gasteiger partial charge in [0.2, 0.25) is 0 Å². The molecule has 2 aromatic rings. The maximum Gasteiger partial charge on any atom is 0.256 e. The number of halogens is 1. The first-order valence-electron chi connectivity index (χ1n) is 10.3. The normalized spacial score (nSPS) is 25.6. The molecule has 0 radical (unpaired) electrons. The van der Waals surface area contributed by atoms with E-state index in [1.807, 2.05) is 12.1 Å². The Morgan fingerprint density at radius 3 is 3.03 bits per heavy atom. The van der Waals surface area contributed by atoms with Crippen molar-refractivity contribution in [3.63, 3.8) is 0 Å². The summed E-state index contributed by atoms with van der Waals surface area (Å²) in [6.07, 6.45) is 2.66. The molecule has 2 aromatic carbocycles. The molecule has 3 unspecified atom stereocenters. The summed E-state index contributed by atoms with van der Waals surface area (Å²) in [7, 11) is 0. The number of azo groups is 1. The van der Waals surface area contributed by atoms with Gasteiger partial charge in [-0.15, -0.1) is 0 Å². The number of carbonyl (C=O) groups is 1. The van der Waals surface area contributed by atoms with Gasteiger partial charge in [0.1, 0.15) is 11.9 Å². The fourth-order valence-electron chi connectivity index (χ4n) is 4.75. The lowest BCUT2D eigenvalue weighted by Crippen LogP contribution is -2.44. The first kappa shape index (κ1) is 18.4. The Kier molecular flexibility index (Phi) is 4.87. The Labute approximate surface area is 169 Å². The summed E-state index contributed by atoms with van der Waals surface area (Å²) in [5, 5.41) is 8.65. The molecule has 6 heteroatoms. The molecule has 0 spiro atoms. The molecule has 5 rings (SSSR count). The highest BCUT2D eigenvalue weighted by atomic mass is 19.1. The highest BCUT2D eigenvalue weighted by Crippen LogP contribution is 2.32. The van der Waals surface area contributed by atoms with E-state index in [4.69, 9.17) is 4.74 Å². The van der Waals surface area contributed by atoms with Gasteiger partial charge >= 0.3 is 0 Å². The molecule has 150 valence electrons. The van der Waals surface area contributed by atoms with Gasteiger partial charge in [-0.3, -0.25) is 4.79 Å². The van der Waals surface area contributed by atoms with Crippen LogP contribution in [0.3, 0.4) is 0 Å². The zero-order valence-electron chi connectivity index (χ0n) is 16.3. The molecule has 2 fully saturated rings. The van der Waals surface area contributed by atoms with Gasteiger partial charge < -0.3 is 9.64 Å². The summed E-state index contributed by atoms with van der Waals surface area (Å²) in [4.78, 5) is 14.8. The Hall–Kier alpha value is -2.60. The van der Waals surface area contributed by atoms with Gasteiger partial charge in [-0.05, 0) is 41.7 Å². The van der Waals surface area contributed by atoms with Gasteiger partial charge in [0.05, 0.1) is 18.2 Å². The Morgan fingerprint density at radius 1 is 1.21 bits per heavy atom. The van der Waals surface area contributed by atoms with Crippen molar-refractivity contribution in [3.05, 3.63) is 70.5 Å². The zero-order valence-corrected chi connectivity index (χ0v) is 16.3. The lowest BCUT2D eigenvalue weighted by atomic mass is 9.92. The third-order valence-corrected chi connectivity index (χ3v) is 6.34. The fraction of sp³-hybridized carbons (Fsp3) is 0.435. The Balaban J connectivity index is 1.36. The number of benzene rings is 2. The van der Waals surface area contributed by atoms with Crippen LogP contribution in [0.2, 0.25) is 0 Å². The second kappa shape index (κ2) is 7.67. The molecule has 0 N–H and O–H groups in total. The average Bonchev–Trinajstić information content (AvgIpc) is 3.23. The number of piperidine rings is 1. The smallest absolute Gasteiger partial charge is 0.256 e. The quantitative estimate of drug-likeness (QED) is 0.780. The van der Waals surface area contributed by atoms with E-state index in [1.165, 1.54) is 11.6 Å². The summed E-state index contributed by atoms with van der Waals surface area (Å²) in [6, 6.07) is 12.9. The number of fused-ring (bicyclic) bond motifs is 2. The molecule has 0 bridgehead atoms. The molecule has 2 saturated heterocycles. The van der Waals surface area contributed by atoms with Crippen molar-refractivity contribution in [2.45, 2.75) is 38.0 Å². The van der Waals surface area contributed by atoms with E-state index in [0.29, 0.717) is 32.0 Å². The second-order valence-electron chi connectivity index (χ2n) is 8.15. The van der Waals surface area contributed by atoms with E-state index in [-0.39, 0.29) is 23.6 Å². The van der Waals surface area contributed by atoms with Crippen molar-refractivity contribution in [1.29, 1.82) is 0 Å². The lowest BCUT2D eigenvalue weighted by molar-refractivity contribution is 0.0304. The largest absolute Gasteiger partial charge is 0.378 e. The van der Waals surface area contributed by atoms with Crippen LogP contribution < -0.4 is 0 Å². The molecule has 0 saturated carbocycles. The highest BCUT2D eigenvalue weighted by molar-refractivity contribution is 5.94. The second-order valence-corrected chi connectivity index (χ2v) is 8.15. The van der Waals surface area contributed by atoms with Crippen LogP contribution in [0.25, 0.3) is 0 Å². The number of rotatable bonds is 3. The predicted octanol–water partition coefficient (Wildman–Crippen LogP) is 4.33. The summed E-state index contributed by atoms with van der Waals surface area (Å²) >= 11 is 0. The van der Waals surface area contributed by atoms with Gasteiger partial charge in [-0.25, -0.2) is 4.39 Å². The monoisotopic (exact) mass is 393 g/mol. The molecular weight excluding hydrogens is 369 g/mol. The summed E-state index contributed by atoms with van der Waals surface area (Å²) in [6.45, 7) is 2.63. The van der Waals surface area contributed by atoms with Crippen molar-refractivity contribution in [2.75, 3.05) is 19.7 Å². The van der Waals surface area contributed by atoms with Crippen LogP contribution in [0, 0.1) is 11.7 Å². The number of amides is 1. The SMILES string of the molecule is O=C(c1cc(CC2N=NCc3ccccc32)ccc1F)N1CCC2OCCC2C1. The van der Waals surface area contributed by atoms with E-state index in [9.17, 15) is 9.18 Å². The minimum absolute atomic E-state index is 0.0975. The fourth-order valence-corrected chi connectivity index (χ4v) is 4.75. The Bertz CT molecular complexity index is 961. The number of hydrogen-bond acceptors (Lipinski definition) is 4. The zero-order chi connectivity index (χ0) is 19.8. The number of hydrogen-bond donors (Lipinski definition) is 0. The van der Waals surface area contributed by atoms with Crippen LogP contribution in [0.15, 0.2) is 52.7 Å². The van der Waals surface area contributed by atoms with Crippen LogP contribution in [-0.4, -0.2) is 36.6 Å². The van der Waals surface area contributed by atoms with Gasteiger partial charge in [0.15, 0.2) is 0 Å². The van der Waals surface area contributed by atoms with Crippen molar-refractivity contribution in [2.24, 2.45) is 16.1 Å². The maximum absolute atomic E-state index is 14.5. The maximum atomic E-state index is 14.5. The van der Waals surface area contributed by atoms with E-state index >= 15 is 0 Å². The van der Waals surface area contributed by atoms with E-state index < -0.39 is 5.82 Å². The molecule has 3 atom stereocenters. The molecule has 1 amide bonds. The summed E-state index contributed by atoms with van der Waals surface area (Å²) in [5.74, 6) is -0.312. The van der Waals surface area contributed by atoms with Gasteiger partial charge in [0.25, 0.3) is 5.91 Å². The topological polar surface area (TPSA) is 54.3 Å². The van der Waals surface area contributed by atoms with E-state index in [2.05, 4.69) is 22.4 Å². The van der Waals surface area contributed by atoms with Gasteiger partial charge in [-0.1, -0.05) is 30.3 Å².